The Kier molecular flexibility index (Phi) is 2.67. The second-order valence-electron chi connectivity index (χ2n) is 4.56. The Morgan fingerprint density at radius 1 is 1.69 bits per heavy atom. The lowest BCUT2D eigenvalue weighted by molar-refractivity contribution is 0.371. The number of H-pyrrole nitrogens is 1. The van der Waals surface area contributed by atoms with Gasteiger partial charge >= 0.3 is 0 Å². The number of nitrogens with zero attached hydrogens (tertiary/aromatic N) is 2. The van der Waals surface area contributed by atoms with Crippen LogP contribution < -0.4 is 16.2 Å². The molecule has 5 nitrogen and oxygen atoms in total. The molecular formula is C10H15FN4O. The van der Waals surface area contributed by atoms with Crippen molar-refractivity contribution in [2.75, 3.05) is 18.0 Å². The molecule has 0 unspecified atom stereocenters. The van der Waals surface area contributed by atoms with Gasteiger partial charge in [-0.3, -0.25) is 9.78 Å². The molecule has 16 heavy (non-hydrogen) atoms. The summed E-state index contributed by atoms with van der Waals surface area (Å²) in [6.45, 7) is 3.35. The summed E-state index contributed by atoms with van der Waals surface area (Å²) in [5, 5.41) is 0. The number of hydrogen-bond acceptors (Lipinski definition) is 4. The van der Waals surface area contributed by atoms with E-state index in [1.54, 1.807) is 0 Å². The van der Waals surface area contributed by atoms with E-state index < -0.39 is 11.4 Å². The zero-order chi connectivity index (χ0) is 11.8. The van der Waals surface area contributed by atoms with Crippen molar-refractivity contribution in [3.05, 3.63) is 22.4 Å². The lowest BCUT2D eigenvalue weighted by Gasteiger charge is -2.37. The minimum atomic E-state index is -0.865. The summed E-state index contributed by atoms with van der Waals surface area (Å²) in [7, 11) is 0. The maximum Gasteiger partial charge on any atom is 0.288 e. The average Bonchev–Trinajstić information content (AvgIpc) is 2.20. The van der Waals surface area contributed by atoms with Crippen molar-refractivity contribution < 1.29 is 4.39 Å². The van der Waals surface area contributed by atoms with Gasteiger partial charge in [-0.15, -0.1) is 0 Å². The zero-order valence-electron chi connectivity index (χ0n) is 9.16. The number of nitrogens with two attached hydrogens (primary N) is 1. The third-order valence-electron chi connectivity index (χ3n) is 2.77. The summed E-state index contributed by atoms with van der Waals surface area (Å²) in [6.07, 6.45) is 2.82. The van der Waals surface area contributed by atoms with Crippen LogP contribution in [0, 0.1) is 5.82 Å². The monoisotopic (exact) mass is 226 g/mol. The van der Waals surface area contributed by atoms with Crippen LogP contribution in [0.25, 0.3) is 0 Å². The van der Waals surface area contributed by atoms with E-state index in [1.165, 1.54) is 0 Å². The SMILES string of the molecule is C[C@@]1(N)CCCN(c2ncc(F)c(=O)[nH]2)C1. The molecule has 0 radical (unpaired) electrons. The number of aromatic nitrogens is 2. The summed E-state index contributed by atoms with van der Waals surface area (Å²) in [6, 6.07) is 0. The Morgan fingerprint density at radius 2 is 2.44 bits per heavy atom. The highest BCUT2D eigenvalue weighted by Gasteiger charge is 2.28. The minimum absolute atomic E-state index is 0.287. The van der Waals surface area contributed by atoms with Gasteiger partial charge in [0.2, 0.25) is 11.8 Å². The molecule has 3 N–H and O–H groups in total. The number of aromatic amines is 1. The van der Waals surface area contributed by atoms with E-state index >= 15 is 0 Å². The highest BCUT2D eigenvalue weighted by molar-refractivity contribution is 5.30. The normalized spacial score (nSPS) is 25.8. The van der Waals surface area contributed by atoms with Gasteiger partial charge in [0.05, 0.1) is 6.20 Å². The molecule has 0 aliphatic carbocycles. The number of hydrogen-bond donors (Lipinski definition) is 2. The van der Waals surface area contributed by atoms with Gasteiger partial charge in [-0.25, -0.2) is 4.98 Å². The van der Waals surface area contributed by atoms with Crippen molar-refractivity contribution in [2.24, 2.45) is 5.73 Å². The Bertz CT molecular complexity index is 443. The Balaban J connectivity index is 2.24. The predicted octanol–water partition coefficient (Wildman–Crippen LogP) is 0.227. The molecule has 2 heterocycles. The van der Waals surface area contributed by atoms with Crippen LogP contribution in [0.3, 0.4) is 0 Å². The van der Waals surface area contributed by atoms with Crippen molar-refractivity contribution in [2.45, 2.75) is 25.3 Å². The number of nitrogens with one attached hydrogen (secondary N) is 1. The fourth-order valence-corrected chi connectivity index (χ4v) is 1.98. The topological polar surface area (TPSA) is 75.0 Å². The molecule has 88 valence electrons. The molecule has 1 saturated heterocycles. The van der Waals surface area contributed by atoms with E-state index in [1.807, 2.05) is 11.8 Å². The molecular weight excluding hydrogens is 211 g/mol. The largest absolute Gasteiger partial charge is 0.341 e. The molecule has 2 rings (SSSR count). The van der Waals surface area contributed by atoms with Crippen molar-refractivity contribution >= 4 is 5.95 Å². The summed E-state index contributed by atoms with van der Waals surface area (Å²) in [5.74, 6) is -0.473. The van der Waals surface area contributed by atoms with Crippen LogP contribution in [0.2, 0.25) is 0 Å². The molecule has 0 amide bonds. The molecule has 1 aromatic heterocycles. The fourth-order valence-electron chi connectivity index (χ4n) is 1.98. The Hall–Kier alpha value is -1.43. The second-order valence-corrected chi connectivity index (χ2v) is 4.56. The smallest absolute Gasteiger partial charge is 0.288 e. The van der Waals surface area contributed by atoms with E-state index in [4.69, 9.17) is 5.73 Å². The number of anilines is 1. The average molecular weight is 226 g/mol. The quantitative estimate of drug-likeness (QED) is 0.718. The van der Waals surface area contributed by atoms with E-state index in [2.05, 4.69) is 9.97 Å². The highest BCUT2D eigenvalue weighted by atomic mass is 19.1. The molecule has 0 saturated carbocycles. The van der Waals surface area contributed by atoms with Crippen LogP contribution in [0.4, 0.5) is 10.3 Å². The highest BCUT2D eigenvalue weighted by Crippen LogP contribution is 2.20. The summed E-state index contributed by atoms with van der Waals surface area (Å²) in [5.41, 5.74) is 5.01. The van der Waals surface area contributed by atoms with Crippen LogP contribution in [0.5, 0.6) is 0 Å². The molecule has 0 bridgehead atoms. The van der Waals surface area contributed by atoms with Crippen LogP contribution >= 0.6 is 0 Å². The zero-order valence-corrected chi connectivity index (χ0v) is 9.16. The van der Waals surface area contributed by atoms with Crippen LogP contribution in [0.1, 0.15) is 19.8 Å². The number of halogens is 1. The van der Waals surface area contributed by atoms with Crippen LogP contribution in [-0.2, 0) is 0 Å². The molecule has 0 aromatic carbocycles. The lowest BCUT2D eigenvalue weighted by atomic mass is 9.93. The van der Waals surface area contributed by atoms with E-state index in [0.717, 1.165) is 25.6 Å². The summed E-state index contributed by atoms with van der Waals surface area (Å²) >= 11 is 0. The van der Waals surface area contributed by atoms with Crippen molar-refractivity contribution in [1.82, 2.24) is 9.97 Å². The van der Waals surface area contributed by atoms with Gasteiger partial charge in [0.1, 0.15) is 0 Å². The standard InChI is InChI=1S/C10H15FN4O/c1-10(12)3-2-4-15(6-10)9-13-5-7(11)8(16)14-9/h5H,2-4,6,12H2,1H3,(H,13,14,16)/t10-/m1/s1. The van der Waals surface area contributed by atoms with Gasteiger partial charge in [0, 0.05) is 18.6 Å². The third kappa shape index (κ3) is 2.21. The first-order valence-corrected chi connectivity index (χ1v) is 5.27. The predicted molar refractivity (Wildman–Crippen MR) is 58.9 cm³/mol. The van der Waals surface area contributed by atoms with Gasteiger partial charge in [-0.2, -0.15) is 4.39 Å². The molecule has 1 atom stereocenters. The first-order chi connectivity index (χ1) is 7.48. The second kappa shape index (κ2) is 3.86. The molecule has 1 aliphatic rings. The van der Waals surface area contributed by atoms with Gasteiger partial charge in [0.25, 0.3) is 5.56 Å². The van der Waals surface area contributed by atoms with Crippen molar-refractivity contribution in [3.8, 4) is 0 Å². The molecule has 1 fully saturated rings. The number of rotatable bonds is 1. The van der Waals surface area contributed by atoms with Crippen LogP contribution in [-0.4, -0.2) is 28.6 Å². The third-order valence-corrected chi connectivity index (χ3v) is 2.77. The maximum atomic E-state index is 12.8. The first kappa shape index (κ1) is 11.1. The summed E-state index contributed by atoms with van der Waals surface area (Å²) < 4.78 is 12.8. The summed E-state index contributed by atoms with van der Waals surface area (Å²) in [4.78, 5) is 19.3. The maximum absolute atomic E-state index is 12.8. The Morgan fingerprint density at radius 3 is 3.06 bits per heavy atom. The molecule has 1 aliphatic heterocycles. The molecule has 6 heteroatoms. The molecule has 1 aromatic rings. The van der Waals surface area contributed by atoms with E-state index in [-0.39, 0.29) is 5.54 Å². The first-order valence-electron chi connectivity index (χ1n) is 5.27. The number of piperidine rings is 1. The lowest BCUT2D eigenvalue weighted by Crippen LogP contribution is -2.52. The molecule has 0 spiro atoms. The van der Waals surface area contributed by atoms with Crippen molar-refractivity contribution in [3.63, 3.8) is 0 Å². The minimum Gasteiger partial charge on any atom is -0.341 e. The van der Waals surface area contributed by atoms with Gasteiger partial charge < -0.3 is 10.6 Å². The van der Waals surface area contributed by atoms with E-state index in [9.17, 15) is 9.18 Å². The van der Waals surface area contributed by atoms with Gasteiger partial charge in [-0.1, -0.05) is 0 Å². The van der Waals surface area contributed by atoms with E-state index in [0.29, 0.717) is 12.5 Å². The van der Waals surface area contributed by atoms with Crippen LogP contribution in [0.15, 0.2) is 11.0 Å². The van der Waals surface area contributed by atoms with Crippen molar-refractivity contribution in [1.29, 1.82) is 0 Å². The Labute approximate surface area is 92.5 Å². The fraction of sp³-hybridized carbons (Fsp3) is 0.600. The van der Waals surface area contributed by atoms with Gasteiger partial charge in [0.15, 0.2) is 0 Å². The van der Waals surface area contributed by atoms with Gasteiger partial charge in [-0.05, 0) is 19.8 Å².